The average Bonchev–Trinajstić information content (AvgIpc) is 2.22. The lowest BCUT2D eigenvalue weighted by atomic mass is 9.90. The lowest BCUT2D eigenvalue weighted by Gasteiger charge is -2.33. The van der Waals surface area contributed by atoms with Gasteiger partial charge in [0, 0.05) is 10.5 Å². The van der Waals surface area contributed by atoms with E-state index in [9.17, 15) is 5.11 Å². The second kappa shape index (κ2) is 5.58. The fourth-order valence-corrected chi connectivity index (χ4v) is 4.84. The van der Waals surface area contributed by atoms with Crippen LogP contribution >= 0.6 is 11.8 Å². The number of aliphatic hydroxyl groups excluding tert-OH is 1. The molecule has 1 nitrogen and oxygen atoms in total. The summed E-state index contributed by atoms with van der Waals surface area (Å²) in [5.74, 6) is 0.914. The molecule has 0 aromatic heterocycles. The summed E-state index contributed by atoms with van der Waals surface area (Å²) in [5.41, 5.74) is 0. The van der Waals surface area contributed by atoms with Gasteiger partial charge in [-0.3, -0.25) is 0 Å². The highest BCUT2D eigenvalue weighted by Crippen LogP contribution is 2.38. The van der Waals surface area contributed by atoms with Crippen LogP contribution in [0.1, 0.15) is 58.3 Å². The Kier molecular flexibility index (Phi) is 4.39. The van der Waals surface area contributed by atoms with Crippen LogP contribution in [0.4, 0.5) is 0 Å². The van der Waals surface area contributed by atoms with Crippen molar-refractivity contribution >= 4 is 11.8 Å². The monoisotopic (exact) mass is 228 g/mol. The molecule has 0 radical (unpaired) electrons. The van der Waals surface area contributed by atoms with Gasteiger partial charge in [-0.05, 0) is 31.6 Å². The summed E-state index contributed by atoms with van der Waals surface area (Å²) in [7, 11) is 0. The maximum absolute atomic E-state index is 9.94. The number of thioether (sulfide) groups is 1. The van der Waals surface area contributed by atoms with Gasteiger partial charge < -0.3 is 5.11 Å². The molecule has 0 aliphatic heterocycles. The van der Waals surface area contributed by atoms with Crippen molar-refractivity contribution in [3.8, 4) is 0 Å². The van der Waals surface area contributed by atoms with Gasteiger partial charge in [0.15, 0.2) is 0 Å². The van der Waals surface area contributed by atoms with Crippen LogP contribution in [0.3, 0.4) is 0 Å². The zero-order valence-corrected chi connectivity index (χ0v) is 10.6. The first kappa shape index (κ1) is 11.8. The Bertz CT molecular complexity index is 195. The van der Waals surface area contributed by atoms with Crippen LogP contribution in [0.5, 0.6) is 0 Å². The van der Waals surface area contributed by atoms with Crippen LogP contribution in [0.2, 0.25) is 0 Å². The van der Waals surface area contributed by atoms with Crippen molar-refractivity contribution in [3.63, 3.8) is 0 Å². The fraction of sp³-hybridized carbons (Fsp3) is 1.00. The fourth-order valence-electron chi connectivity index (χ4n) is 2.99. The minimum atomic E-state index is -0.0130. The Labute approximate surface area is 98.0 Å². The van der Waals surface area contributed by atoms with Crippen LogP contribution in [-0.4, -0.2) is 21.7 Å². The largest absolute Gasteiger partial charge is 0.392 e. The molecule has 0 bridgehead atoms. The van der Waals surface area contributed by atoms with Gasteiger partial charge in [-0.1, -0.05) is 32.6 Å². The van der Waals surface area contributed by atoms with Crippen LogP contribution in [0.15, 0.2) is 0 Å². The summed E-state index contributed by atoms with van der Waals surface area (Å²) in [5, 5.41) is 11.3. The van der Waals surface area contributed by atoms with E-state index in [1.807, 2.05) is 0 Å². The van der Waals surface area contributed by atoms with E-state index < -0.39 is 0 Å². The zero-order chi connectivity index (χ0) is 10.7. The van der Waals surface area contributed by atoms with E-state index >= 15 is 0 Å². The van der Waals surface area contributed by atoms with E-state index in [0.717, 1.165) is 17.6 Å². The average molecular weight is 228 g/mol. The van der Waals surface area contributed by atoms with Gasteiger partial charge in [0.05, 0.1) is 6.10 Å². The van der Waals surface area contributed by atoms with E-state index in [2.05, 4.69) is 18.7 Å². The number of hydrogen-bond donors (Lipinski definition) is 1. The van der Waals surface area contributed by atoms with Crippen molar-refractivity contribution in [2.24, 2.45) is 5.92 Å². The third-order valence-electron chi connectivity index (χ3n) is 3.92. The third-order valence-corrected chi connectivity index (χ3v) is 5.64. The van der Waals surface area contributed by atoms with Gasteiger partial charge in [-0.25, -0.2) is 0 Å². The highest BCUT2D eigenvalue weighted by atomic mass is 32.2. The second-order valence-electron chi connectivity index (χ2n) is 5.42. The zero-order valence-electron chi connectivity index (χ0n) is 9.82. The summed E-state index contributed by atoms with van der Waals surface area (Å²) in [6.07, 6.45) is 10.4. The standard InChI is InChI=1S/C13H24OS/c1-10-5-4-6-11(9-10)15-13-8-3-2-7-12(13)14/h10-14H,2-9H2,1H3/t10?,11?,12-,13-/m1/s1. The first-order valence-electron chi connectivity index (χ1n) is 6.59. The highest BCUT2D eigenvalue weighted by molar-refractivity contribution is 8.00. The van der Waals surface area contributed by atoms with Crippen molar-refractivity contribution in [1.29, 1.82) is 0 Å². The van der Waals surface area contributed by atoms with Gasteiger partial charge in [0.25, 0.3) is 0 Å². The molecule has 0 spiro atoms. The molecular weight excluding hydrogens is 204 g/mol. The molecule has 0 amide bonds. The third kappa shape index (κ3) is 3.39. The molecule has 2 aliphatic carbocycles. The van der Waals surface area contributed by atoms with Gasteiger partial charge in [0.1, 0.15) is 0 Å². The first-order chi connectivity index (χ1) is 7.25. The van der Waals surface area contributed by atoms with E-state index in [-0.39, 0.29) is 6.10 Å². The topological polar surface area (TPSA) is 20.2 Å². The normalized spacial score (nSPS) is 42.8. The van der Waals surface area contributed by atoms with E-state index in [1.54, 1.807) is 0 Å². The Morgan fingerprint density at radius 2 is 1.80 bits per heavy atom. The highest BCUT2D eigenvalue weighted by Gasteiger charge is 2.28. The number of hydrogen-bond acceptors (Lipinski definition) is 2. The Morgan fingerprint density at radius 1 is 1.00 bits per heavy atom. The molecule has 2 saturated carbocycles. The van der Waals surface area contributed by atoms with Gasteiger partial charge in [-0.2, -0.15) is 11.8 Å². The molecule has 0 aromatic carbocycles. The molecule has 0 heterocycles. The predicted octanol–water partition coefficient (Wildman–Crippen LogP) is 3.60. The molecule has 1 N–H and O–H groups in total. The molecule has 2 aliphatic rings. The van der Waals surface area contributed by atoms with Crippen molar-refractivity contribution in [3.05, 3.63) is 0 Å². The quantitative estimate of drug-likeness (QED) is 0.779. The minimum absolute atomic E-state index is 0.0130. The molecular formula is C13H24OS. The molecule has 15 heavy (non-hydrogen) atoms. The minimum Gasteiger partial charge on any atom is -0.392 e. The maximum Gasteiger partial charge on any atom is 0.0658 e. The Balaban J connectivity index is 1.79. The summed E-state index contributed by atoms with van der Waals surface area (Å²) >= 11 is 2.10. The molecule has 0 saturated heterocycles. The van der Waals surface area contributed by atoms with Gasteiger partial charge in [-0.15, -0.1) is 0 Å². The molecule has 88 valence electrons. The molecule has 2 heteroatoms. The second-order valence-corrected chi connectivity index (χ2v) is 6.96. The van der Waals surface area contributed by atoms with E-state index in [1.165, 1.54) is 44.9 Å². The first-order valence-corrected chi connectivity index (χ1v) is 7.53. The summed E-state index contributed by atoms with van der Waals surface area (Å²) in [6.45, 7) is 2.38. The van der Waals surface area contributed by atoms with E-state index in [4.69, 9.17) is 0 Å². The lowest BCUT2D eigenvalue weighted by Crippen LogP contribution is -2.30. The SMILES string of the molecule is CC1CCCC(S[C@@H]2CCCC[C@H]2O)C1. The molecule has 2 unspecified atom stereocenters. The predicted molar refractivity (Wildman–Crippen MR) is 67.3 cm³/mol. The van der Waals surface area contributed by atoms with Crippen molar-refractivity contribution in [1.82, 2.24) is 0 Å². The summed E-state index contributed by atoms with van der Waals surface area (Å²) in [4.78, 5) is 0. The Hall–Kier alpha value is 0.310. The summed E-state index contributed by atoms with van der Waals surface area (Å²) in [6, 6.07) is 0. The number of aliphatic hydroxyl groups is 1. The summed E-state index contributed by atoms with van der Waals surface area (Å²) < 4.78 is 0. The van der Waals surface area contributed by atoms with E-state index in [0.29, 0.717) is 5.25 Å². The van der Waals surface area contributed by atoms with Crippen LogP contribution in [-0.2, 0) is 0 Å². The Morgan fingerprint density at radius 3 is 2.53 bits per heavy atom. The number of rotatable bonds is 2. The lowest BCUT2D eigenvalue weighted by molar-refractivity contribution is 0.136. The van der Waals surface area contributed by atoms with Crippen molar-refractivity contribution < 1.29 is 5.11 Å². The molecule has 2 fully saturated rings. The molecule has 0 aromatic rings. The molecule has 2 rings (SSSR count). The van der Waals surface area contributed by atoms with Crippen molar-refractivity contribution in [2.75, 3.05) is 0 Å². The van der Waals surface area contributed by atoms with Gasteiger partial charge in [0.2, 0.25) is 0 Å². The van der Waals surface area contributed by atoms with Gasteiger partial charge >= 0.3 is 0 Å². The van der Waals surface area contributed by atoms with Crippen LogP contribution < -0.4 is 0 Å². The van der Waals surface area contributed by atoms with Crippen molar-refractivity contribution in [2.45, 2.75) is 74.9 Å². The maximum atomic E-state index is 9.94. The smallest absolute Gasteiger partial charge is 0.0658 e. The van der Waals surface area contributed by atoms with Crippen LogP contribution in [0, 0.1) is 5.92 Å². The van der Waals surface area contributed by atoms with Crippen LogP contribution in [0.25, 0.3) is 0 Å². The molecule has 4 atom stereocenters.